The van der Waals surface area contributed by atoms with Crippen LogP contribution in [0.2, 0.25) is 0 Å². The van der Waals surface area contributed by atoms with Gasteiger partial charge in [0.25, 0.3) is 0 Å². The fourth-order valence-electron chi connectivity index (χ4n) is 3.44. The first kappa shape index (κ1) is 14.4. The van der Waals surface area contributed by atoms with E-state index in [1.807, 2.05) is 27.6 Å². The second-order valence-electron chi connectivity index (χ2n) is 6.28. The number of aryl methyl sites for hydroxylation is 2. The lowest BCUT2D eigenvalue weighted by Gasteiger charge is -2.22. The molecule has 0 N–H and O–H groups in total. The van der Waals surface area contributed by atoms with Crippen molar-refractivity contribution in [2.24, 2.45) is 0 Å². The number of rotatable bonds is 3. The summed E-state index contributed by atoms with van der Waals surface area (Å²) in [6, 6.07) is 5.88. The smallest absolute Gasteiger partial charge is 0.231 e. The number of hydrogen-bond donors (Lipinski definition) is 0. The predicted molar refractivity (Wildman–Crippen MR) is 87.9 cm³/mol. The van der Waals surface area contributed by atoms with Gasteiger partial charge in [-0.1, -0.05) is 6.92 Å². The summed E-state index contributed by atoms with van der Waals surface area (Å²) < 4.78 is 14.8. The Balaban J connectivity index is 1.55. The average molecular weight is 338 g/mol. The van der Waals surface area contributed by atoms with Crippen LogP contribution < -0.4 is 9.47 Å². The Kier molecular flexibility index (Phi) is 3.22. The molecule has 2 aliphatic heterocycles. The zero-order valence-electron chi connectivity index (χ0n) is 13.9. The van der Waals surface area contributed by atoms with E-state index in [9.17, 15) is 0 Å². The first-order chi connectivity index (χ1) is 12.3. The maximum atomic E-state index is 5.51. The molecule has 0 fully saturated rings. The van der Waals surface area contributed by atoms with E-state index in [4.69, 9.17) is 19.6 Å². The quantitative estimate of drug-likeness (QED) is 0.725. The molecule has 2 aromatic heterocycles. The molecule has 5 rings (SSSR count). The van der Waals surface area contributed by atoms with Crippen LogP contribution in [0.3, 0.4) is 0 Å². The molecule has 0 saturated heterocycles. The SMILES string of the molecule is CCc1nc(C2CCn3ncnc3C2)n(-c2ccc3c(c2)OCO3)n1. The number of benzene rings is 1. The Morgan fingerprint density at radius 2 is 2.16 bits per heavy atom. The summed E-state index contributed by atoms with van der Waals surface area (Å²) in [5.74, 6) is 4.63. The summed E-state index contributed by atoms with van der Waals surface area (Å²) in [4.78, 5) is 9.17. The van der Waals surface area contributed by atoms with Crippen LogP contribution in [-0.2, 0) is 19.4 Å². The monoisotopic (exact) mass is 338 g/mol. The van der Waals surface area contributed by atoms with E-state index in [0.717, 1.165) is 60.5 Å². The fourth-order valence-corrected chi connectivity index (χ4v) is 3.44. The lowest BCUT2D eigenvalue weighted by Crippen LogP contribution is -2.21. The molecule has 1 aromatic carbocycles. The number of fused-ring (bicyclic) bond motifs is 2. The summed E-state index contributed by atoms with van der Waals surface area (Å²) in [6.07, 6.45) is 4.22. The van der Waals surface area contributed by atoms with Gasteiger partial charge in [-0.2, -0.15) is 10.2 Å². The summed E-state index contributed by atoms with van der Waals surface area (Å²) in [5, 5.41) is 8.97. The Morgan fingerprint density at radius 1 is 1.24 bits per heavy atom. The zero-order valence-corrected chi connectivity index (χ0v) is 13.9. The Labute approximate surface area is 144 Å². The van der Waals surface area contributed by atoms with Crippen molar-refractivity contribution < 1.29 is 9.47 Å². The van der Waals surface area contributed by atoms with Crippen molar-refractivity contribution in [1.82, 2.24) is 29.5 Å². The molecular formula is C17H18N6O2. The number of hydrogen-bond acceptors (Lipinski definition) is 6. The largest absolute Gasteiger partial charge is 0.454 e. The van der Waals surface area contributed by atoms with Gasteiger partial charge in [0.15, 0.2) is 17.3 Å². The zero-order chi connectivity index (χ0) is 16.8. The standard InChI is InChI=1S/C17H18N6O2/c1-2-15-20-17(11-5-6-22-16(7-11)18-9-19-22)23(21-15)12-3-4-13-14(8-12)25-10-24-13/h3-4,8-9,11H,2,5-7,10H2,1H3. The van der Waals surface area contributed by atoms with E-state index < -0.39 is 0 Å². The van der Waals surface area contributed by atoms with Gasteiger partial charge in [0.2, 0.25) is 6.79 Å². The molecule has 2 aliphatic rings. The van der Waals surface area contributed by atoms with E-state index in [-0.39, 0.29) is 12.7 Å². The van der Waals surface area contributed by atoms with Gasteiger partial charge in [0.05, 0.1) is 5.69 Å². The highest BCUT2D eigenvalue weighted by Gasteiger charge is 2.27. The highest BCUT2D eigenvalue weighted by atomic mass is 16.7. The van der Waals surface area contributed by atoms with Crippen molar-refractivity contribution in [3.05, 3.63) is 42.0 Å². The summed E-state index contributed by atoms with van der Waals surface area (Å²) in [6.45, 7) is 3.19. The van der Waals surface area contributed by atoms with Crippen molar-refractivity contribution >= 4 is 0 Å². The molecule has 8 heteroatoms. The Bertz CT molecular complexity index is 931. The fraction of sp³-hybridized carbons (Fsp3) is 0.412. The van der Waals surface area contributed by atoms with Gasteiger partial charge >= 0.3 is 0 Å². The average Bonchev–Trinajstić information content (AvgIpc) is 3.37. The van der Waals surface area contributed by atoms with Crippen LogP contribution in [0, 0.1) is 0 Å². The number of nitrogens with zero attached hydrogens (tertiary/aromatic N) is 6. The molecule has 0 radical (unpaired) electrons. The second-order valence-corrected chi connectivity index (χ2v) is 6.28. The van der Waals surface area contributed by atoms with Crippen LogP contribution in [-0.4, -0.2) is 36.3 Å². The Morgan fingerprint density at radius 3 is 3.08 bits per heavy atom. The van der Waals surface area contributed by atoms with Crippen molar-refractivity contribution in [2.75, 3.05) is 6.79 Å². The molecule has 0 spiro atoms. The third-order valence-electron chi connectivity index (χ3n) is 4.77. The maximum absolute atomic E-state index is 5.51. The molecular weight excluding hydrogens is 320 g/mol. The summed E-state index contributed by atoms with van der Waals surface area (Å²) >= 11 is 0. The molecule has 0 bridgehead atoms. The normalized spacial score (nSPS) is 18.4. The molecule has 0 amide bonds. The van der Waals surface area contributed by atoms with E-state index in [1.54, 1.807) is 6.33 Å². The van der Waals surface area contributed by atoms with Gasteiger partial charge in [-0.25, -0.2) is 14.6 Å². The third kappa shape index (κ3) is 2.36. The molecule has 1 atom stereocenters. The molecule has 8 nitrogen and oxygen atoms in total. The van der Waals surface area contributed by atoms with Crippen LogP contribution in [0.1, 0.15) is 36.7 Å². The van der Waals surface area contributed by atoms with Crippen LogP contribution in [0.15, 0.2) is 24.5 Å². The maximum Gasteiger partial charge on any atom is 0.231 e. The van der Waals surface area contributed by atoms with Crippen LogP contribution in [0.4, 0.5) is 0 Å². The van der Waals surface area contributed by atoms with E-state index in [0.29, 0.717) is 0 Å². The third-order valence-corrected chi connectivity index (χ3v) is 4.77. The second kappa shape index (κ2) is 5.58. The molecule has 0 aliphatic carbocycles. The molecule has 128 valence electrons. The van der Waals surface area contributed by atoms with Gasteiger partial charge in [0, 0.05) is 31.4 Å². The topological polar surface area (TPSA) is 79.9 Å². The molecule has 25 heavy (non-hydrogen) atoms. The number of aromatic nitrogens is 6. The molecule has 3 aromatic rings. The van der Waals surface area contributed by atoms with Crippen molar-refractivity contribution in [1.29, 1.82) is 0 Å². The van der Waals surface area contributed by atoms with Crippen molar-refractivity contribution in [3.63, 3.8) is 0 Å². The van der Waals surface area contributed by atoms with Crippen LogP contribution >= 0.6 is 0 Å². The summed E-state index contributed by atoms with van der Waals surface area (Å²) in [7, 11) is 0. The summed E-state index contributed by atoms with van der Waals surface area (Å²) in [5.41, 5.74) is 0.943. The lowest BCUT2D eigenvalue weighted by atomic mass is 9.97. The van der Waals surface area contributed by atoms with Gasteiger partial charge in [-0.3, -0.25) is 4.68 Å². The Hall–Kier alpha value is -2.90. The first-order valence-corrected chi connectivity index (χ1v) is 8.54. The van der Waals surface area contributed by atoms with Crippen LogP contribution in [0.5, 0.6) is 11.5 Å². The van der Waals surface area contributed by atoms with E-state index in [1.165, 1.54) is 0 Å². The van der Waals surface area contributed by atoms with Crippen LogP contribution in [0.25, 0.3) is 5.69 Å². The minimum absolute atomic E-state index is 0.265. The van der Waals surface area contributed by atoms with Gasteiger partial charge in [0.1, 0.15) is 18.0 Å². The van der Waals surface area contributed by atoms with Gasteiger partial charge < -0.3 is 9.47 Å². The first-order valence-electron chi connectivity index (χ1n) is 8.54. The van der Waals surface area contributed by atoms with E-state index >= 15 is 0 Å². The molecule has 4 heterocycles. The van der Waals surface area contributed by atoms with E-state index in [2.05, 4.69) is 17.0 Å². The van der Waals surface area contributed by atoms with Gasteiger partial charge in [-0.15, -0.1) is 0 Å². The highest BCUT2D eigenvalue weighted by Crippen LogP contribution is 2.35. The predicted octanol–water partition coefficient (Wildman–Crippen LogP) is 1.88. The highest BCUT2D eigenvalue weighted by molar-refractivity contribution is 5.50. The molecule has 0 saturated carbocycles. The number of ether oxygens (including phenoxy) is 2. The van der Waals surface area contributed by atoms with Gasteiger partial charge in [-0.05, 0) is 18.6 Å². The minimum Gasteiger partial charge on any atom is -0.454 e. The minimum atomic E-state index is 0.265. The molecule has 1 unspecified atom stereocenters. The lowest BCUT2D eigenvalue weighted by molar-refractivity contribution is 0.174. The van der Waals surface area contributed by atoms with Crippen molar-refractivity contribution in [2.45, 2.75) is 38.6 Å². The van der Waals surface area contributed by atoms with Crippen molar-refractivity contribution in [3.8, 4) is 17.2 Å².